The number of aromatic nitrogens is 1. The van der Waals surface area contributed by atoms with E-state index in [9.17, 15) is 18.4 Å². The molecule has 0 atom stereocenters. The van der Waals surface area contributed by atoms with Crippen LogP contribution in [-0.4, -0.2) is 23.5 Å². The molecule has 31 heavy (non-hydrogen) atoms. The first-order valence-corrected chi connectivity index (χ1v) is 10.9. The van der Waals surface area contributed by atoms with E-state index in [2.05, 4.69) is 18.8 Å². The molecule has 8 heteroatoms. The van der Waals surface area contributed by atoms with Gasteiger partial charge in [-0.05, 0) is 30.5 Å². The Balaban J connectivity index is 1.88. The van der Waals surface area contributed by atoms with Gasteiger partial charge in [-0.25, -0.2) is 13.8 Å². The number of hydrogen-bond acceptors (Lipinski definition) is 5. The van der Waals surface area contributed by atoms with Gasteiger partial charge in [0, 0.05) is 24.2 Å². The maximum absolute atomic E-state index is 14.1. The van der Waals surface area contributed by atoms with Crippen LogP contribution in [0.4, 0.5) is 14.5 Å². The van der Waals surface area contributed by atoms with Gasteiger partial charge in [-0.15, -0.1) is 11.3 Å². The van der Waals surface area contributed by atoms with Crippen LogP contribution in [0.1, 0.15) is 50.1 Å². The minimum atomic E-state index is -0.700. The van der Waals surface area contributed by atoms with E-state index in [1.54, 1.807) is 6.92 Å². The van der Waals surface area contributed by atoms with E-state index in [0.717, 1.165) is 23.0 Å². The molecule has 3 aromatic rings. The largest absolute Gasteiger partial charge is 0.466 e. The Morgan fingerprint density at radius 2 is 1.84 bits per heavy atom. The summed E-state index contributed by atoms with van der Waals surface area (Å²) in [4.78, 5) is 30.5. The van der Waals surface area contributed by atoms with Crippen LogP contribution in [0.2, 0.25) is 0 Å². The maximum atomic E-state index is 14.1. The molecule has 0 aliphatic carbocycles. The maximum Gasteiger partial charge on any atom is 0.306 e. The summed E-state index contributed by atoms with van der Waals surface area (Å²) in [6.07, 6.45) is -0.0639. The molecule has 0 bridgehead atoms. The lowest BCUT2D eigenvalue weighted by Gasteiger charge is -2.22. The molecule has 0 unspecified atom stereocenters. The van der Waals surface area contributed by atoms with Gasteiger partial charge in [0.25, 0.3) is 0 Å². The highest BCUT2D eigenvalue weighted by Gasteiger charge is 2.21. The summed E-state index contributed by atoms with van der Waals surface area (Å²) in [5.41, 5.74) is 1.98. The third-order valence-electron chi connectivity index (χ3n) is 4.77. The van der Waals surface area contributed by atoms with Crippen molar-refractivity contribution in [2.45, 2.75) is 46.1 Å². The number of thiazole rings is 1. The average Bonchev–Trinajstić information content (AvgIpc) is 3.13. The van der Waals surface area contributed by atoms with E-state index < -0.39 is 17.6 Å². The molecule has 3 rings (SSSR count). The van der Waals surface area contributed by atoms with Crippen LogP contribution in [-0.2, 0) is 20.9 Å². The summed E-state index contributed by atoms with van der Waals surface area (Å²) in [7, 11) is 0. The summed E-state index contributed by atoms with van der Waals surface area (Å²) in [5.74, 6) is -1.77. The smallest absolute Gasteiger partial charge is 0.306 e. The molecule has 0 fully saturated rings. The average molecular weight is 447 g/mol. The number of ether oxygens (including phenoxy) is 1. The van der Waals surface area contributed by atoms with E-state index in [1.807, 2.05) is 24.3 Å². The number of amides is 1. The van der Waals surface area contributed by atoms with Gasteiger partial charge in [0.1, 0.15) is 16.6 Å². The fraction of sp³-hybridized carbons (Fsp3) is 0.348. The van der Waals surface area contributed by atoms with Crippen LogP contribution < -0.4 is 4.90 Å². The number of hydrogen-bond donors (Lipinski definition) is 0. The van der Waals surface area contributed by atoms with Gasteiger partial charge >= 0.3 is 5.97 Å². The molecule has 0 aliphatic heterocycles. The van der Waals surface area contributed by atoms with Gasteiger partial charge in [0.2, 0.25) is 5.91 Å². The lowest BCUT2D eigenvalue weighted by molar-refractivity contribution is -0.144. The Labute approximate surface area is 183 Å². The lowest BCUT2D eigenvalue weighted by Crippen LogP contribution is -2.30. The van der Waals surface area contributed by atoms with Crippen LogP contribution in [0.15, 0.2) is 36.4 Å². The van der Waals surface area contributed by atoms with E-state index in [0.29, 0.717) is 16.6 Å². The number of esters is 1. The van der Waals surface area contributed by atoms with Gasteiger partial charge in [-0.3, -0.25) is 9.59 Å². The minimum absolute atomic E-state index is 0.0291. The zero-order valence-corrected chi connectivity index (χ0v) is 18.5. The molecule has 0 aliphatic rings. The summed E-state index contributed by atoms with van der Waals surface area (Å²) in [5, 5.41) is 0.469. The first-order valence-electron chi connectivity index (χ1n) is 10.1. The molecule has 164 valence electrons. The zero-order chi connectivity index (χ0) is 22.5. The quantitative estimate of drug-likeness (QED) is 0.424. The molecule has 0 radical (unpaired) electrons. The van der Waals surface area contributed by atoms with Crippen molar-refractivity contribution in [2.24, 2.45) is 0 Å². The number of rotatable bonds is 8. The van der Waals surface area contributed by atoms with Crippen molar-refractivity contribution in [1.29, 1.82) is 0 Å². The second kappa shape index (κ2) is 9.96. The van der Waals surface area contributed by atoms with E-state index >= 15 is 0 Å². The fourth-order valence-electron chi connectivity index (χ4n) is 3.15. The summed E-state index contributed by atoms with van der Waals surface area (Å²) < 4.78 is 32.7. The van der Waals surface area contributed by atoms with Crippen molar-refractivity contribution < 1.29 is 23.1 Å². The van der Waals surface area contributed by atoms with Gasteiger partial charge in [-0.1, -0.05) is 26.0 Å². The van der Waals surface area contributed by atoms with Crippen LogP contribution in [0, 0.1) is 11.6 Å². The Hall–Kier alpha value is -2.87. The fourth-order valence-corrected chi connectivity index (χ4v) is 4.09. The van der Waals surface area contributed by atoms with E-state index in [1.165, 1.54) is 11.0 Å². The molecule has 0 N–H and O–H groups in total. The molecular formula is C23H24F2N2O3S. The van der Waals surface area contributed by atoms with Crippen LogP contribution in [0.25, 0.3) is 10.2 Å². The van der Waals surface area contributed by atoms with Crippen molar-refractivity contribution in [3.8, 4) is 0 Å². The standard InChI is InChI=1S/C23H24F2N2O3S/c1-4-30-22(29)10-9-21(28)27(17-7-5-15(6-8-17)14(2)3)13-20-26-19-12-16(24)11-18(25)23(19)31-20/h5-8,11-12,14H,4,9-10,13H2,1-3H3. The van der Waals surface area contributed by atoms with E-state index in [4.69, 9.17) is 4.74 Å². The first-order chi connectivity index (χ1) is 14.8. The van der Waals surface area contributed by atoms with Gasteiger partial charge in [0.15, 0.2) is 0 Å². The van der Waals surface area contributed by atoms with E-state index in [-0.39, 0.29) is 42.1 Å². The van der Waals surface area contributed by atoms with Crippen LogP contribution in [0.5, 0.6) is 0 Å². The summed E-state index contributed by atoms with van der Waals surface area (Å²) in [6, 6.07) is 9.55. The number of carbonyl (C=O) groups excluding carboxylic acids is 2. The van der Waals surface area contributed by atoms with Gasteiger partial charge in [0.05, 0.1) is 29.8 Å². The topological polar surface area (TPSA) is 59.5 Å². The third kappa shape index (κ3) is 5.64. The zero-order valence-electron chi connectivity index (χ0n) is 17.7. The van der Waals surface area contributed by atoms with Crippen molar-refractivity contribution in [2.75, 3.05) is 11.5 Å². The molecule has 1 heterocycles. The monoisotopic (exact) mass is 446 g/mol. The second-order valence-electron chi connectivity index (χ2n) is 7.37. The molecule has 2 aromatic carbocycles. The van der Waals surface area contributed by atoms with Crippen molar-refractivity contribution in [3.63, 3.8) is 0 Å². The molecule has 0 saturated heterocycles. The van der Waals surface area contributed by atoms with Crippen LogP contribution in [0.3, 0.4) is 0 Å². The molecule has 1 amide bonds. The highest BCUT2D eigenvalue weighted by Crippen LogP contribution is 2.29. The molecule has 5 nitrogen and oxygen atoms in total. The number of benzene rings is 2. The molecule has 0 spiro atoms. The predicted octanol–water partition coefficient (Wildman–Crippen LogP) is 5.57. The first kappa shape index (κ1) is 22.8. The summed E-state index contributed by atoms with van der Waals surface area (Å²) >= 11 is 1.08. The molecule has 1 aromatic heterocycles. The van der Waals surface area contributed by atoms with Crippen LogP contribution >= 0.6 is 11.3 Å². The number of nitrogens with zero attached hydrogens (tertiary/aromatic N) is 2. The third-order valence-corrected chi connectivity index (χ3v) is 5.83. The van der Waals surface area contributed by atoms with Crippen molar-refractivity contribution in [3.05, 3.63) is 58.6 Å². The Morgan fingerprint density at radius 3 is 2.48 bits per heavy atom. The Morgan fingerprint density at radius 1 is 1.13 bits per heavy atom. The Bertz CT molecular complexity index is 1080. The number of carbonyl (C=O) groups is 2. The van der Waals surface area contributed by atoms with Gasteiger partial charge < -0.3 is 9.64 Å². The van der Waals surface area contributed by atoms with Crippen molar-refractivity contribution in [1.82, 2.24) is 4.98 Å². The number of fused-ring (bicyclic) bond motifs is 1. The Kier molecular flexibility index (Phi) is 7.33. The number of halogens is 2. The normalized spacial score (nSPS) is 11.2. The number of anilines is 1. The summed E-state index contributed by atoms with van der Waals surface area (Å²) in [6.45, 7) is 6.19. The molecular weight excluding hydrogens is 422 g/mol. The lowest BCUT2D eigenvalue weighted by atomic mass is 10.0. The van der Waals surface area contributed by atoms with Gasteiger partial charge in [-0.2, -0.15) is 0 Å². The van der Waals surface area contributed by atoms with Crippen molar-refractivity contribution >= 4 is 39.1 Å². The highest BCUT2D eigenvalue weighted by molar-refractivity contribution is 7.18. The second-order valence-corrected chi connectivity index (χ2v) is 8.46. The highest BCUT2D eigenvalue weighted by atomic mass is 32.1. The SMILES string of the molecule is CCOC(=O)CCC(=O)N(Cc1nc2cc(F)cc(F)c2s1)c1ccc(C(C)C)cc1. The minimum Gasteiger partial charge on any atom is -0.466 e. The predicted molar refractivity (Wildman–Crippen MR) is 117 cm³/mol. The molecule has 0 saturated carbocycles.